The van der Waals surface area contributed by atoms with Gasteiger partial charge in [0.05, 0.1) is 13.0 Å². The summed E-state index contributed by atoms with van der Waals surface area (Å²) in [5, 5.41) is 14.4. The van der Waals surface area contributed by atoms with Crippen LogP contribution < -0.4 is 10.6 Å². The molecule has 3 amide bonds. The van der Waals surface area contributed by atoms with Gasteiger partial charge in [-0.15, -0.1) is 0 Å². The van der Waals surface area contributed by atoms with Crippen molar-refractivity contribution < 1.29 is 24.3 Å². The van der Waals surface area contributed by atoms with Crippen molar-refractivity contribution in [3.8, 4) is 0 Å². The average molecular weight is 398 g/mol. The van der Waals surface area contributed by atoms with Gasteiger partial charge in [0.25, 0.3) is 0 Å². The molecule has 1 saturated heterocycles. The molecule has 0 bridgehead atoms. The van der Waals surface area contributed by atoms with Crippen LogP contribution in [0.3, 0.4) is 0 Å². The summed E-state index contributed by atoms with van der Waals surface area (Å²) in [6, 6.07) is -1.06. The van der Waals surface area contributed by atoms with E-state index in [2.05, 4.69) is 17.6 Å². The first-order chi connectivity index (χ1) is 13.4. The van der Waals surface area contributed by atoms with Crippen molar-refractivity contribution in [3.63, 3.8) is 0 Å². The number of likely N-dealkylation sites (tertiary alicyclic amines) is 1. The van der Waals surface area contributed by atoms with Gasteiger partial charge in [0.2, 0.25) is 18.2 Å². The molecule has 8 heteroatoms. The van der Waals surface area contributed by atoms with Crippen molar-refractivity contribution in [2.75, 3.05) is 13.1 Å². The number of nitrogens with one attached hydrogen (secondary N) is 2. The van der Waals surface area contributed by atoms with Crippen LogP contribution in [-0.4, -0.2) is 59.4 Å². The molecule has 1 heterocycles. The number of carbonyl (C=O) groups excluding carboxylic acids is 3. The van der Waals surface area contributed by atoms with Gasteiger partial charge in [0, 0.05) is 12.6 Å². The third-order valence-corrected chi connectivity index (χ3v) is 5.38. The van der Waals surface area contributed by atoms with E-state index < -0.39 is 18.1 Å². The van der Waals surface area contributed by atoms with Crippen LogP contribution in [0.5, 0.6) is 0 Å². The SMILES string of the molecule is CCCCCCCC(C)C(CC(=O)O)NC(=O)[C@@H]1CCCN1C(=O)CNC=O. The number of unbranched alkanes of at least 4 members (excludes halogenated alkanes) is 4. The van der Waals surface area contributed by atoms with Gasteiger partial charge >= 0.3 is 5.97 Å². The topological polar surface area (TPSA) is 116 Å². The van der Waals surface area contributed by atoms with Crippen molar-refractivity contribution in [1.82, 2.24) is 15.5 Å². The summed E-state index contributed by atoms with van der Waals surface area (Å²) in [6.45, 7) is 4.46. The summed E-state index contributed by atoms with van der Waals surface area (Å²) in [4.78, 5) is 48.1. The van der Waals surface area contributed by atoms with Gasteiger partial charge in [-0.2, -0.15) is 0 Å². The zero-order valence-corrected chi connectivity index (χ0v) is 17.1. The Morgan fingerprint density at radius 1 is 1.21 bits per heavy atom. The highest BCUT2D eigenvalue weighted by Gasteiger charge is 2.35. The second-order valence-corrected chi connectivity index (χ2v) is 7.64. The van der Waals surface area contributed by atoms with Gasteiger partial charge in [0.1, 0.15) is 6.04 Å². The summed E-state index contributed by atoms with van der Waals surface area (Å²) >= 11 is 0. The summed E-state index contributed by atoms with van der Waals surface area (Å²) in [6.07, 6.45) is 8.11. The average Bonchev–Trinajstić information content (AvgIpc) is 3.15. The maximum Gasteiger partial charge on any atom is 0.305 e. The molecule has 3 N–H and O–H groups in total. The van der Waals surface area contributed by atoms with Gasteiger partial charge in [-0.05, 0) is 25.2 Å². The lowest BCUT2D eigenvalue weighted by Crippen LogP contribution is -2.52. The van der Waals surface area contributed by atoms with E-state index in [-0.39, 0.29) is 30.7 Å². The lowest BCUT2D eigenvalue weighted by atomic mass is 9.92. The lowest BCUT2D eigenvalue weighted by molar-refractivity contribution is -0.140. The smallest absolute Gasteiger partial charge is 0.305 e. The van der Waals surface area contributed by atoms with Crippen LogP contribution in [0.4, 0.5) is 0 Å². The molecule has 1 fully saturated rings. The first-order valence-corrected chi connectivity index (χ1v) is 10.4. The molecule has 0 saturated carbocycles. The van der Waals surface area contributed by atoms with Crippen LogP contribution >= 0.6 is 0 Å². The highest BCUT2D eigenvalue weighted by atomic mass is 16.4. The van der Waals surface area contributed by atoms with E-state index in [9.17, 15) is 24.3 Å². The monoisotopic (exact) mass is 397 g/mol. The Kier molecular flexibility index (Phi) is 11.2. The van der Waals surface area contributed by atoms with Gasteiger partial charge in [-0.3, -0.25) is 19.2 Å². The number of nitrogens with zero attached hydrogens (tertiary/aromatic N) is 1. The zero-order valence-electron chi connectivity index (χ0n) is 17.1. The predicted molar refractivity (Wildman–Crippen MR) is 106 cm³/mol. The fourth-order valence-electron chi connectivity index (χ4n) is 3.70. The van der Waals surface area contributed by atoms with Gasteiger partial charge in [-0.25, -0.2) is 0 Å². The van der Waals surface area contributed by atoms with E-state index in [1.807, 2.05) is 6.92 Å². The van der Waals surface area contributed by atoms with Crippen LogP contribution in [-0.2, 0) is 19.2 Å². The van der Waals surface area contributed by atoms with Crippen LogP contribution in [0.1, 0.15) is 71.6 Å². The second-order valence-electron chi connectivity index (χ2n) is 7.64. The molecule has 0 radical (unpaired) electrons. The number of carboxylic acid groups (broad SMARTS) is 1. The largest absolute Gasteiger partial charge is 0.481 e. The number of amides is 3. The molecule has 0 aliphatic carbocycles. The Morgan fingerprint density at radius 2 is 1.93 bits per heavy atom. The molecule has 1 aliphatic rings. The molecule has 160 valence electrons. The number of aliphatic carboxylic acids is 1. The maximum atomic E-state index is 12.8. The highest BCUT2D eigenvalue weighted by molar-refractivity contribution is 5.89. The number of hydrogen-bond donors (Lipinski definition) is 3. The predicted octanol–water partition coefficient (Wildman–Crippen LogP) is 1.68. The Bertz CT molecular complexity index is 526. The Hall–Kier alpha value is -2.12. The van der Waals surface area contributed by atoms with Crippen LogP contribution in [0.15, 0.2) is 0 Å². The molecule has 2 unspecified atom stereocenters. The minimum atomic E-state index is -0.947. The van der Waals surface area contributed by atoms with E-state index in [1.165, 1.54) is 24.2 Å². The standard InChI is InChI=1S/C20H35N3O5/c1-3-4-5-6-7-9-15(2)16(12-19(26)27)22-20(28)17-10-8-11-23(17)18(25)13-21-14-24/h14-17H,3-13H2,1-2H3,(H,21,24)(H,22,28)(H,26,27)/t15?,16?,17-/m0/s1. The first kappa shape index (κ1) is 23.9. The molecule has 1 aliphatic heterocycles. The van der Waals surface area contributed by atoms with Crippen LogP contribution in [0.25, 0.3) is 0 Å². The zero-order chi connectivity index (χ0) is 20.9. The van der Waals surface area contributed by atoms with Crippen molar-refractivity contribution >= 4 is 24.2 Å². The van der Waals surface area contributed by atoms with E-state index >= 15 is 0 Å². The van der Waals surface area contributed by atoms with Crippen molar-refractivity contribution in [3.05, 3.63) is 0 Å². The fraction of sp³-hybridized carbons (Fsp3) is 0.800. The molecule has 3 atom stereocenters. The number of carbonyl (C=O) groups is 4. The van der Waals surface area contributed by atoms with Gasteiger partial charge in [-0.1, -0.05) is 46.0 Å². The Balaban J connectivity index is 2.63. The maximum absolute atomic E-state index is 12.8. The summed E-state index contributed by atoms with van der Waals surface area (Å²) in [5.41, 5.74) is 0. The van der Waals surface area contributed by atoms with Crippen LogP contribution in [0.2, 0.25) is 0 Å². The minimum Gasteiger partial charge on any atom is -0.481 e. The molecular weight excluding hydrogens is 362 g/mol. The third-order valence-electron chi connectivity index (χ3n) is 5.38. The molecule has 8 nitrogen and oxygen atoms in total. The second kappa shape index (κ2) is 13.1. The number of rotatable bonds is 14. The molecule has 0 aromatic rings. The molecule has 0 aromatic heterocycles. The summed E-state index contributed by atoms with van der Waals surface area (Å²) in [7, 11) is 0. The molecular formula is C20H35N3O5. The fourth-order valence-corrected chi connectivity index (χ4v) is 3.70. The van der Waals surface area contributed by atoms with E-state index in [0.29, 0.717) is 25.8 Å². The van der Waals surface area contributed by atoms with E-state index in [1.54, 1.807) is 0 Å². The molecule has 28 heavy (non-hydrogen) atoms. The summed E-state index contributed by atoms with van der Waals surface area (Å²) < 4.78 is 0. The normalized spacial score (nSPS) is 18.4. The van der Waals surface area contributed by atoms with Crippen molar-refractivity contribution in [2.24, 2.45) is 5.92 Å². The Morgan fingerprint density at radius 3 is 2.57 bits per heavy atom. The lowest BCUT2D eigenvalue weighted by Gasteiger charge is -2.29. The molecule has 0 spiro atoms. The number of carboxylic acids is 1. The highest BCUT2D eigenvalue weighted by Crippen LogP contribution is 2.21. The third kappa shape index (κ3) is 8.27. The summed E-state index contributed by atoms with van der Waals surface area (Å²) in [5.74, 6) is -1.51. The number of hydrogen-bond acceptors (Lipinski definition) is 4. The van der Waals surface area contributed by atoms with Crippen molar-refractivity contribution in [2.45, 2.75) is 83.7 Å². The minimum absolute atomic E-state index is 0.0453. The van der Waals surface area contributed by atoms with Crippen LogP contribution in [0, 0.1) is 5.92 Å². The Labute approximate surface area is 167 Å². The van der Waals surface area contributed by atoms with E-state index in [4.69, 9.17) is 0 Å². The van der Waals surface area contributed by atoms with Gasteiger partial charge < -0.3 is 20.6 Å². The molecule has 1 rings (SSSR count). The van der Waals surface area contributed by atoms with E-state index in [0.717, 1.165) is 19.3 Å². The quantitative estimate of drug-likeness (QED) is 0.305. The van der Waals surface area contributed by atoms with Gasteiger partial charge in [0.15, 0.2) is 0 Å². The first-order valence-electron chi connectivity index (χ1n) is 10.4. The van der Waals surface area contributed by atoms with Crippen molar-refractivity contribution in [1.29, 1.82) is 0 Å². The molecule has 0 aromatic carbocycles.